The second-order valence-corrected chi connectivity index (χ2v) is 3.37. The summed E-state index contributed by atoms with van der Waals surface area (Å²) in [5.74, 6) is -0.643. The molecule has 0 aromatic rings. The van der Waals surface area contributed by atoms with Gasteiger partial charge in [-0.2, -0.15) is 0 Å². The number of hydrogen-bond donors (Lipinski definition) is 7. The summed E-state index contributed by atoms with van der Waals surface area (Å²) >= 11 is 0. The first-order chi connectivity index (χ1) is 7.31. The summed E-state index contributed by atoms with van der Waals surface area (Å²) in [6.07, 6.45) is -9.09. The summed E-state index contributed by atoms with van der Waals surface area (Å²) in [6.45, 7) is 0.266. The Morgan fingerprint density at radius 3 is 1.94 bits per heavy atom. The zero-order valence-electron chi connectivity index (χ0n) is 8.69. The number of hydrogen-bond acceptors (Lipinski definition) is 7. The third-order valence-corrected chi connectivity index (χ3v) is 1.96. The molecule has 0 aliphatic carbocycles. The van der Waals surface area contributed by atoms with Gasteiger partial charge in [0.1, 0.15) is 24.4 Å². The molecule has 8 nitrogen and oxygen atoms in total. The quantitative estimate of drug-likeness (QED) is 0.233. The normalized spacial score (nSPS) is 20.7. The van der Waals surface area contributed by atoms with Gasteiger partial charge in [0.15, 0.2) is 6.23 Å². The first-order valence-corrected chi connectivity index (χ1v) is 4.59. The summed E-state index contributed by atoms with van der Waals surface area (Å²) in [5.41, 5.74) is 0. The van der Waals surface area contributed by atoms with Gasteiger partial charge in [0.05, 0.1) is 6.61 Å². The molecule has 0 aromatic heterocycles. The smallest absolute Gasteiger partial charge is 0.218 e. The molecule has 0 saturated carbocycles. The van der Waals surface area contributed by atoms with E-state index in [1.807, 2.05) is 5.32 Å². The highest BCUT2D eigenvalue weighted by molar-refractivity contribution is 5.73. The maximum Gasteiger partial charge on any atom is 0.218 e. The van der Waals surface area contributed by atoms with Gasteiger partial charge in [0, 0.05) is 6.92 Å². The number of aliphatic hydroxyl groups excluding tert-OH is 6. The van der Waals surface area contributed by atoms with E-state index in [4.69, 9.17) is 15.3 Å². The largest absolute Gasteiger partial charge is 0.394 e. The monoisotopic (exact) mass is 239 g/mol. The Morgan fingerprint density at radius 2 is 1.56 bits per heavy atom. The van der Waals surface area contributed by atoms with Crippen molar-refractivity contribution in [2.24, 2.45) is 0 Å². The fourth-order valence-corrected chi connectivity index (χ4v) is 1.02. The Balaban J connectivity index is 4.35. The van der Waals surface area contributed by atoms with Crippen molar-refractivity contribution in [2.45, 2.75) is 37.6 Å². The second kappa shape index (κ2) is 6.74. The van der Waals surface area contributed by atoms with E-state index < -0.39 is 43.2 Å². The van der Waals surface area contributed by atoms with Gasteiger partial charge >= 0.3 is 0 Å². The molecule has 1 unspecified atom stereocenters. The molecule has 16 heavy (non-hydrogen) atoms. The van der Waals surface area contributed by atoms with Gasteiger partial charge in [0.25, 0.3) is 0 Å². The molecule has 0 aliphatic heterocycles. The highest BCUT2D eigenvalue weighted by Crippen LogP contribution is 2.07. The molecule has 96 valence electrons. The molecule has 0 bridgehead atoms. The van der Waals surface area contributed by atoms with E-state index in [0.717, 1.165) is 6.92 Å². The average molecular weight is 239 g/mol. The third kappa shape index (κ3) is 4.39. The Morgan fingerprint density at radius 1 is 1.06 bits per heavy atom. The average Bonchev–Trinajstić information content (AvgIpc) is 2.23. The molecule has 0 heterocycles. The first-order valence-electron chi connectivity index (χ1n) is 4.59. The maximum absolute atomic E-state index is 10.5. The van der Waals surface area contributed by atoms with Gasteiger partial charge in [-0.05, 0) is 0 Å². The number of carbonyl (C=O) groups excluding carboxylic acids is 1. The van der Waals surface area contributed by atoms with Gasteiger partial charge in [-0.15, -0.1) is 0 Å². The van der Waals surface area contributed by atoms with Crippen LogP contribution in [0, 0.1) is 0 Å². The minimum Gasteiger partial charge on any atom is -0.394 e. The van der Waals surface area contributed by atoms with Crippen molar-refractivity contribution in [1.82, 2.24) is 5.32 Å². The van der Waals surface area contributed by atoms with Crippen LogP contribution in [0.25, 0.3) is 0 Å². The van der Waals surface area contributed by atoms with Crippen LogP contribution < -0.4 is 5.32 Å². The lowest BCUT2D eigenvalue weighted by atomic mass is 10.0. The molecule has 0 saturated heterocycles. The Kier molecular flexibility index (Phi) is 6.41. The molecular formula is C8H17NO7. The van der Waals surface area contributed by atoms with Crippen LogP contribution in [0.2, 0.25) is 0 Å². The lowest BCUT2D eigenvalue weighted by Crippen LogP contribution is -2.54. The summed E-state index contributed by atoms with van der Waals surface area (Å²) < 4.78 is 0. The lowest BCUT2D eigenvalue weighted by molar-refractivity contribution is -0.150. The predicted molar refractivity (Wildman–Crippen MR) is 50.9 cm³/mol. The zero-order valence-corrected chi connectivity index (χ0v) is 8.69. The van der Waals surface area contributed by atoms with Crippen LogP contribution in [0.1, 0.15) is 6.92 Å². The maximum atomic E-state index is 10.5. The van der Waals surface area contributed by atoms with E-state index in [9.17, 15) is 20.1 Å². The van der Waals surface area contributed by atoms with Gasteiger partial charge in [0.2, 0.25) is 5.91 Å². The van der Waals surface area contributed by atoms with E-state index in [1.54, 1.807) is 0 Å². The summed E-state index contributed by atoms with van der Waals surface area (Å²) in [7, 11) is 0. The van der Waals surface area contributed by atoms with E-state index >= 15 is 0 Å². The van der Waals surface area contributed by atoms with Crippen LogP contribution in [0.15, 0.2) is 0 Å². The number of carbonyl (C=O) groups is 1. The molecule has 0 radical (unpaired) electrons. The van der Waals surface area contributed by atoms with Gasteiger partial charge in [-0.1, -0.05) is 0 Å². The third-order valence-electron chi connectivity index (χ3n) is 1.96. The van der Waals surface area contributed by atoms with Crippen molar-refractivity contribution < 1.29 is 35.4 Å². The summed E-state index contributed by atoms with van der Waals surface area (Å²) in [6, 6.07) is 0. The predicted octanol–water partition coefficient (Wildman–Crippen LogP) is -4.12. The molecule has 0 aromatic carbocycles. The highest BCUT2D eigenvalue weighted by Gasteiger charge is 2.34. The first kappa shape index (κ1) is 15.2. The van der Waals surface area contributed by atoms with Crippen molar-refractivity contribution >= 4 is 5.91 Å². The van der Waals surface area contributed by atoms with Gasteiger partial charge in [-0.3, -0.25) is 4.79 Å². The fourth-order valence-electron chi connectivity index (χ4n) is 1.02. The minimum atomic E-state index is -1.91. The molecule has 0 rings (SSSR count). The van der Waals surface area contributed by atoms with Crippen molar-refractivity contribution in [3.8, 4) is 0 Å². The van der Waals surface area contributed by atoms with Gasteiger partial charge in [-0.25, -0.2) is 0 Å². The lowest BCUT2D eigenvalue weighted by Gasteiger charge is -2.28. The fraction of sp³-hybridized carbons (Fsp3) is 0.875. The second-order valence-electron chi connectivity index (χ2n) is 3.37. The Labute approximate surface area is 91.8 Å². The van der Waals surface area contributed by atoms with Crippen LogP contribution in [0.3, 0.4) is 0 Å². The Hall–Kier alpha value is -0.770. The van der Waals surface area contributed by atoms with Crippen molar-refractivity contribution in [1.29, 1.82) is 0 Å². The van der Waals surface area contributed by atoms with Crippen LogP contribution >= 0.6 is 0 Å². The summed E-state index contributed by atoms with van der Waals surface area (Å²) in [4.78, 5) is 10.5. The number of rotatable bonds is 6. The van der Waals surface area contributed by atoms with E-state index in [2.05, 4.69) is 0 Å². The van der Waals surface area contributed by atoms with Crippen LogP contribution in [0.5, 0.6) is 0 Å². The van der Waals surface area contributed by atoms with E-state index in [-0.39, 0.29) is 0 Å². The minimum absolute atomic E-state index is 0.643. The standard InChI is InChI=1S/C8H17NO7/c1-3(11)9-8(16)7(15)6(14)5(13)4(12)2-10/h4-8,10,12-16H,2H2,1H3,(H,9,11)/t4-,5+,6+,7-,8?/m1/s1. The molecular weight excluding hydrogens is 222 g/mol. The number of nitrogens with one attached hydrogen (secondary N) is 1. The van der Waals surface area contributed by atoms with E-state index in [1.165, 1.54) is 0 Å². The van der Waals surface area contributed by atoms with Crippen molar-refractivity contribution in [2.75, 3.05) is 6.61 Å². The van der Waals surface area contributed by atoms with Crippen LogP contribution in [-0.4, -0.2) is 73.8 Å². The number of amides is 1. The molecule has 0 fully saturated rings. The molecule has 0 aliphatic rings. The molecule has 1 amide bonds. The van der Waals surface area contributed by atoms with Crippen molar-refractivity contribution in [3.05, 3.63) is 0 Å². The molecule has 7 N–H and O–H groups in total. The molecule has 8 heteroatoms. The Bertz CT molecular complexity index is 224. The van der Waals surface area contributed by atoms with Crippen LogP contribution in [0.4, 0.5) is 0 Å². The highest BCUT2D eigenvalue weighted by atomic mass is 16.4. The number of aliphatic hydroxyl groups is 6. The summed E-state index contributed by atoms with van der Waals surface area (Å²) in [5, 5.41) is 56.3. The molecule has 0 spiro atoms. The SMILES string of the molecule is CC(=O)NC(O)[C@H](O)[C@@H](O)[C@@H](O)[C@H](O)CO. The van der Waals surface area contributed by atoms with Gasteiger partial charge < -0.3 is 36.0 Å². The zero-order chi connectivity index (χ0) is 12.9. The topological polar surface area (TPSA) is 150 Å². The van der Waals surface area contributed by atoms with Crippen LogP contribution in [-0.2, 0) is 4.79 Å². The molecule has 5 atom stereocenters. The van der Waals surface area contributed by atoms with E-state index in [0.29, 0.717) is 0 Å². The van der Waals surface area contributed by atoms with Crippen molar-refractivity contribution in [3.63, 3.8) is 0 Å².